The molecule has 0 spiro atoms. The molecule has 1 heterocycles. The summed E-state index contributed by atoms with van der Waals surface area (Å²) in [7, 11) is -0.303. The highest BCUT2D eigenvalue weighted by molar-refractivity contribution is 7.89. The number of fused-ring (bicyclic) bond motifs is 1. The average molecular weight is 882 g/mol. The smallest absolute Gasteiger partial charge is 0.417 e. The second-order valence-corrected chi connectivity index (χ2v) is 20.0. The Balaban J connectivity index is 1.15. The molecule has 16 heteroatoms. The quantitative estimate of drug-likeness (QED) is 0.126. The standard InChI is InChI=1S/C46H58F3N5O7S/c1-45(2,3)61-44(58)50-27-29-8-12-31(13-9-29)41(55)23-33(43(57)51-35-15-14-32-24-42(56)52-40(32)25-35)22-28-6-10-30(11-7-28)38-21-20-37(26-39(38)46(47,48)49)62(59,60)53-34-16-18-36(19-17-34)54(4)5/h6-7,10-11,14-15,20-21,25-26,29,31,33-34,36,53H,8-9,12-13,16-19,22-24,27H2,1-5H3,(H,50,58)(H,51,57)(H,52,56). The fourth-order valence-corrected chi connectivity index (χ4v) is 10.0. The van der Waals surface area contributed by atoms with Gasteiger partial charge in [0.2, 0.25) is 21.8 Å². The molecule has 3 amide bonds. The minimum atomic E-state index is -4.86. The lowest BCUT2D eigenvalue weighted by atomic mass is 9.77. The number of amides is 3. The van der Waals surface area contributed by atoms with Crippen molar-refractivity contribution < 1.29 is 45.5 Å². The van der Waals surface area contributed by atoms with E-state index in [4.69, 9.17) is 4.74 Å². The molecule has 336 valence electrons. The molecule has 1 unspecified atom stereocenters. The summed E-state index contributed by atoms with van der Waals surface area (Å²) in [6, 6.07) is 14.3. The summed E-state index contributed by atoms with van der Waals surface area (Å²) in [5.41, 5.74) is 0.754. The second kappa shape index (κ2) is 19.3. The molecule has 2 saturated carbocycles. The van der Waals surface area contributed by atoms with E-state index >= 15 is 0 Å². The van der Waals surface area contributed by atoms with Crippen LogP contribution in [0.15, 0.2) is 65.6 Å². The normalized spacial score (nSPS) is 21.1. The number of benzene rings is 3. The highest BCUT2D eigenvalue weighted by atomic mass is 32.2. The molecule has 12 nitrogen and oxygen atoms in total. The van der Waals surface area contributed by atoms with Crippen LogP contribution in [0.2, 0.25) is 0 Å². The Morgan fingerprint density at radius 1 is 0.887 bits per heavy atom. The largest absolute Gasteiger partial charge is 0.444 e. The van der Waals surface area contributed by atoms with E-state index in [1.54, 1.807) is 51.1 Å². The first kappa shape index (κ1) is 46.7. The maximum absolute atomic E-state index is 14.6. The van der Waals surface area contributed by atoms with Crippen molar-refractivity contribution in [2.24, 2.45) is 17.8 Å². The highest BCUT2D eigenvalue weighted by Gasteiger charge is 2.36. The number of nitrogens with zero attached hydrogens (tertiary/aromatic N) is 1. The number of sulfonamides is 1. The predicted octanol–water partition coefficient (Wildman–Crippen LogP) is 8.11. The van der Waals surface area contributed by atoms with Gasteiger partial charge in [-0.1, -0.05) is 36.4 Å². The van der Waals surface area contributed by atoms with Gasteiger partial charge in [0.25, 0.3) is 0 Å². The minimum absolute atomic E-state index is 0.0675. The molecule has 3 aromatic carbocycles. The van der Waals surface area contributed by atoms with Gasteiger partial charge in [-0.2, -0.15) is 13.2 Å². The number of hydrogen-bond acceptors (Lipinski definition) is 8. The molecule has 0 bridgehead atoms. The maximum atomic E-state index is 14.6. The van der Waals surface area contributed by atoms with E-state index in [1.807, 2.05) is 14.1 Å². The average Bonchev–Trinajstić information content (AvgIpc) is 3.58. The van der Waals surface area contributed by atoms with Gasteiger partial charge in [-0.25, -0.2) is 17.9 Å². The molecule has 0 radical (unpaired) electrons. The van der Waals surface area contributed by atoms with E-state index < -0.39 is 50.2 Å². The first-order valence-corrected chi connectivity index (χ1v) is 22.8. The van der Waals surface area contributed by atoms with E-state index in [0.29, 0.717) is 74.1 Å². The van der Waals surface area contributed by atoms with E-state index in [0.717, 1.165) is 18.4 Å². The van der Waals surface area contributed by atoms with E-state index in [-0.39, 0.29) is 60.0 Å². The van der Waals surface area contributed by atoms with E-state index in [1.165, 1.54) is 24.3 Å². The molecule has 2 fully saturated rings. The van der Waals surface area contributed by atoms with Crippen molar-refractivity contribution in [2.45, 2.75) is 120 Å². The summed E-state index contributed by atoms with van der Waals surface area (Å²) in [6.45, 7) is 5.80. The minimum Gasteiger partial charge on any atom is -0.444 e. The number of nitrogens with one attached hydrogen (secondary N) is 4. The molecular weight excluding hydrogens is 824 g/mol. The number of Topliss-reactive ketones (excluding diaryl/α,β-unsaturated/α-hetero) is 1. The Kier molecular flexibility index (Phi) is 14.5. The molecule has 1 aliphatic heterocycles. The van der Waals surface area contributed by atoms with Crippen molar-refractivity contribution in [3.8, 4) is 11.1 Å². The number of ketones is 1. The molecule has 62 heavy (non-hydrogen) atoms. The number of hydrogen-bond donors (Lipinski definition) is 4. The summed E-state index contributed by atoms with van der Waals surface area (Å²) in [5, 5.41) is 8.48. The number of anilines is 2. The molecule has 2 aliphatic carbocycles. The van der Waals surface area contributed by atoms with Crippen molar-refractivity contribution in [1.29, 1.82) is 0 Å². The number of carbonyl (C=O) groups is 4. The van der Waals surface area contributed by atoms with Gasteiger partial charge in [0, 0.05) is 48.3 Å². The lowest BCUT2D eigenvalue weighted by Gasteiger charge is -2.32. The number of rotatable bonds is 14. The third kappa shape index (κ3) is 12.4. The molecule has 1 atom stereocenters. The molecule has 0 saturated heterocycles. The van der Waals surface area contributed by atoms with Gasteiger partial charge in [0.15, 0.2) is 0 Å². The second-order valence-electron chi connectivity index (χ2n) is 18.3. The van der Waals surface area contributed by atoms with Crippen LogP contribution in [0, 0.1) is 17.8 Å². The number of ether oxygens (including phenoxy) is 1. The molecule has 4 N–H and O–H groups in total. The number of carbonyl (C=O) groups excluding carboxylic acids is 4. The fraction of sp³-hybridized carbons (Fsp3) is 0.522. The molecule has 0 aromatic heterocycles. The molecule has 3 aromatic rings. The van der Waals surface area contributed by atoms with Crippen LogP contribution >= 0.6 is 0 Å². The Morgan fingerprint density at radius 3 is 2.19 bits per heavy atom. The van der Waals surface area contributed by atoms with E-state index in [9.17, 15) is 40.8 Å². The summed E-state index contributed by atoms with van der Waals surface area (Å²) in [6.07, 6.45) is 0.276. The first-order chi connectivity index (χ1) is 29.1. The highest BCUT2D eigenvalue weighted by Crippen LogP contribution is 2.39. The van der Waals surface area contributed by atoms with Crippen LogP contribution in [0.3, 0.4) is 0 Å². The zero-order valence-electron chi connectivity index (χ0n) is 36.0. The number of halogens is 3. The van der Waals surface area contributed by atoms with Crippen molar-refractivity contribution in [2.75, 3.05) is 31.3 Å². The van der Waals surface area contributed by atoms with Gasteiger partial charge in [-0.05, 0) is 145 Å². The Bertz CT molecular complexity index is 2230. The van der Waals surface area contributed by atoms with Gasteiger partial charge in [-0.15, -0.1) is 0 Å². The number of alkyl carbamates (subject to hydrolysis) is 1. The van der Waals surface area contributed by atoms with Crippen LogP contribution in [0.1, 0.15) is 95.2 Å². The Labute approximate surface area is 362 Å². The van der Waals surface area contributed by atoms with Gasteiger partial charge in [0.05, 0.1) is 16.9 Å². The topological polar surface area (TPSA) is 163 Å². The summed E-state index contributed by atoms with van der Waals surface area (Å²) in [5.74, 6) is -1.57. The Morgan fingerprint density at radius 2 is 1.56 bits per heavy atom. The van der Waals surface area contributed by atoms with Gasteiger partial charge < -0.3 is 25.6 Å². The lowest BCUT2D eigenvalue weighted by molar-refractivity contribution is -0.137. The van der Waals surface area contributed by atoms with Gasteiger partial charge >= 0.3 is 12.3 Å². The van der Waals surface area contributed by atoms with Crippen LogP contribution in [0.5, 0.6) is 0 Å². The zero-order chi connectivity index (χ0) is 45.0. The third-order valence-electron chi connectivity index (χ3n) is 12.2. The molecular formula is C46H58F3N5O7S. The first-order valence-electron chi connectivity index (χ1n) is 21.4. The fourth-order valence-electron chi connectivity index (χ4n) is 8.71. The van der Waals surface area contributed by atoms with Crippen molar-refractivity contribution in [1.82, 2.24) is 14.9 Å². The molecule has 6 rings (SSSR count). The SMILES string of the molecule is CN(C)C1CCC(NS(=O)(=O)c2ccc(-c3ccc(CC(CC(=O)C4CCC(CNC(=O)OC(C)(C)C)CC4)C(=O)Nc4ccc5c(c4)NC(=O)C5)cc3)c(C(F)(F)F)c2)CC1. The van der Waals surface area contributed by atoms with Crippen molar-refractivity contribution in [3.63, 3.8) is 0 Å². The van der Waals surface area contributed by atoms with Crippen molar-refractivity contribution >= 4 is 45.1 Å². The number of alkyl halides is 3. The summed E-state index contributed by atoms with van der Waals surface area (Å²) in [4.78, 5) is 53.5. The third-order valence-corrected chi connectivity index (χ3v) is 13.7. The van der Waals surface area contributed by atoms with Crippen LogP contribution in [-0.2, 0) is 48.2 Å². The van der Waals surface area contributed by atoms with Crippen LogP contribution in [0.25, 0.3) is 11.1 Å². The predicted molar refractivity (Wildman–Crippen MR) is 231 cm³/mol. The monoisotopic (exact) mass is 881 g/mol. The summed E-state index contributed by atoms with van der Waals surface area (Å²) < 4.78 is 78.3. The maximum Gasteiger partial charge on any atom is 0.417 e. The summed E-state index contributed by atoms with van der Waals surface area (Å²) >= 11 is 0. The zero-order valence-corrected chi connectivity index (χ0v) is 36.8. The van der Waals surface area contributed by atoms with Crippen LogP contribution in [-0.4, -0.2) is 75.3 Å². The molecule has 3 aliphatic rings. The van der Waals surface area contributed by atoms with Gasteiger partial charge in [-0.3, -0.25) is 14.4 Å². The van der Waals surface area contributed by atoms with Gasteiger partial charge in [0.1, 0.15) is 11.4 Å². The van der Waals surface area contributed by atoms with E-state index in [2.05, 4.69) is 25.6 Å². The van der Waals surface area contributed by atoms with Crippen molar-refractivity contribution in [3.05, 3.63) is 77.4 Å². The lowest BCUT2D eigenvalue weighted by Crippen LogP contribution is -2.41. The van der Waals surface area contributed by atoms with Crippen LogP contribution < -0.4 is 20.7 Å². The van der Waals surface area contributed by atoms with Crippen LogP contribution in [0.4, 0.5) is 29.3 Å². The Hall–Kier alpha value is -4.80.